The molecule has 0 atom stereocenters. The van der Waals surface area contributed by atoms with Crippen LogP contribution in [0, 0.1) is 0 Å². The van der Waals surface area contributed by atoms with Gasteiger partial charge < -0.3 is 9.47 Å². The van der Waals surface area contributed by atoms with Crippen LogP contribution in [0.25, 0.3) is 0 Å². The fourth-order valence-corrected chi connectivity index (χ4v) is 3.82. The van der Waals surface area contributed by atoms with Crippen LogP contribution in [0.3, 0.4) is 0 Å². The number of nitrogens with one attached hydrogen (secondary N) is 1. The molecule has 0 heterocycles. The van der Waals surface area contributed by atoms with Crippen molar-refractivity contribution in [3.05, 3.63) is 42.5 Å². The highest BCUT2D eigenvalue weighted by atomic mass is 32.2. The summed E-state index contributed by atoms with van der Waals surface area (Å²) in [7, 11) is -4.66. The van der Waals surface area contributed by atoms with E-state index in [0.717, 1.165) is 12.3 Å². The van der Waals surface area contributed by atoms with Crippen LogP contribution in [-0.4, -0.2) is 37.3 Å². The lowest BCUT2D eigenvalue weighted by Gasteiger charge is -2.13. The van der Waals surface area contributed by atoms with Crippen molar-refractivity contribution in [1.29, 1.82) is 0 Å². The number of hydrogen-bond donors (Lipinski definition) is 1. The fraction of sp³-hybridized carbons (Fsp3) is 0.200. The van der Waals surface area contributed by atoms with Crippen molar-refractivity contribution in [3.8, 4) is 11.5 Å². The zero-order chi connectivity index (χ0) is 18.0. The smallest absolute Gasteiger partial charge is 0.262 e. The maximum absolute atomic E-state index is 12.5. The number of sulfone groups is 1. The minimum atomic E-state index is -4.00. The molecule has 0 aliphatic rings. The molecule has 130 valence electrons. The van der Waals surface area contributed by atoms with Crippen LogP contribution >= 0.6 is 0 Å². The van der Waals surface area contributed by atoms with Crippen LogP contribution in [-0.2, 0) is 19.9 Å². The summed E-state index contributed by atoms with van der Waals surface area (Å²) in [4.78, 5) is -0.252. The van der Waals surface area contributed by atoms with Gasteiger partial charge in [-0.1, -0.05) is 6.07 Å². The van der Waals surface area contributed by atoms with Crippen molar-refractivity contribution in [2.24, 2.45) is 0 Å². The first kappa shape index (κ1) is 18.1. The molecule has 0 saturated carbocycles. The molecule has 0 saturated heterocycles. The molecule has 0 unspecified atom stereocenters. The van der Waals surface area contributed by atoms with Gasteiger partial charge in [-0.05, 0) is 30.3 Å². The Morgan fingerprint density at radius 3 is 2.12 bits per heavy atom. The van der Waals surface area contributed by atoms with Gasteiger partial charge in [-0.25, -0.2) is 16.8 Å². The maximum Gasteiger partial charge on any atom is 0.262 e. The van der Waals surface area contributed by atoms with E-state index in [-0.39, 0.29) is 15.5 Å². The molecule has 0 fully saturated rings. The van der Waals surface area contributed by atoms with Crippen molar-refractivity contribution in [1.82, 2.24) is 0 Å². The topological polar surface area (TPSA) is 98.8 Å². The third-order valence-electron chi connectivity index (χ3n) is 3.19. The normalized spacial score (nSPS) is 11.8. The molecular formula is C15H17NO6S2. The van der Waals surface area contributed by atoms with E-state index in [4.69, 9.17) is 9.47 Å². The summed E-state index contributed by atoms with van der Waals surface area (Å²) < 4.78 is 60.9. The number of rotatable bonds is 6. The fourth-order valence-electron chi connectivity index (χ4n) is 1.97. The minimum absolute atomic E-state index is 0.0806. The Morgan fingerprint density at radius 2 is 1.54 bits per heavy atom. The number of anilines is 1. The van der Waals surface area contributed by atoms with Gasteiger partial charge in [0.1, 0.15) is 11.5 Å². The predicted octanol–water partition coefficient (Wildman–Crippen LogP) is 1.91. The summed E-state index contributed by atoms with van der Waals surface area (Å²) in [6, 6.07) is 9.77. The van der Waals surface area contributed by atoms with Crippen molar-refractivity contribution in [2.75, 3.05) is 25.2 Å². The molecule has 2 aromatic carbocycles. The highest BCUT2D eigenvalue weighted by Crippen LogP contribution is 2.31. The first-order valence-corrected chi connectivity index (χ1v) is 10.1. The van der Waals surface area contributed by atoms with E-state index in [1.165, 1.54) is 38.5 Å². The van der Waals surface area contributed by atoms with Gasteiger partial charge in [-0.15, -0.1) is 0 Å². The molecule has 2 rings (SSSR count). The highest BCUT2D eigenvalue weighted by molar-refractivity contribution is 7.93. The molecule has 0 aliphatic heterocycles. The largest absolute Gasteiger partial charge is 0.497 e. The molecule has 2 aromatic rings. The molecule has 0 bridgehead atoms. The predicted molar refractivity (Wildman–Crippen MR) is 89.9 cm³/mol. The van der Waals surface area contributed by atoms with Gasteiger partial charge in [0, 0.05) is 12.3 Å². The van der Waals surface area contributed by atoms with Crippen LogP contribution in [0.1, 0.15) is 0 Å². The van der Waals surface area contributed by atoms with Crippen LogP contribution in [0.4, 0.5) is 5.69 Å². The standard InChI is InChI=1S/C15H17NO6S2/c1-21-11-7-8-15(22-2)14(9-11)16-24(19,20)13-6-4-5-12(10-13)23(3,17)18/h4-10,16H,1-3H3. The van der Waals surface area contributed by atoms with Gasteiger partial charge in [0.2, 0.25) is 0 Å². The van der Waals surface area contributed by atoms with Crippen LogP contribution in [0.2, 0.25) is 0 Å². The summed E-state index contributed by atoms with van der Waals surface area (Å²) in [6.07, 6.45) is 1.01. The molecular weight excluding hydrogens is 354 g/mol. The Bertz CT molecular complexity index is 952. The summed E-state index contributed by atoms with van der Waals surface area (Å²) >= 11 is 0. The van der Waals surface area contributed by atoms with E-state index >= 15 is 0 Å². The van der Waals surface area contributed by atoms with E-state index in [9.17, 15) is 16.8 Å². The molecule has 0 amide bonds. The second-order valence-corrected chi connectivity index (χ2v) is 8.62. The number of benzene rings is 2. The van der Waals surface area contributed by atoms with Crippen LogP contribution in [0.15, 0.2) is 52.3 Å². The summed E-state index contributed by atoms with van der Waals surface area (Å²) in [5.74, 6) is 0.747. The summed E-state index contributed by atoms with van der Waals surface area (Å²) in [5.41, 5.74) is 0.182. The molecule has 0 aromatic heterocycles. The Kier molecular flexibility index (Phi) is 5.05. The van der Waals surface area contributed by atoms with E-state index in [1.807, 2.05) is 0 Å². The lowest BCUT2D eigenvalue weighted by molar-refractivity contribution is 0.405. The number of sulfonamides is 1. The van der Waals surface area contributed by atoms with E-state index in [2.05, 4.69) is 4.72 Å². The number of ether oxygens (including phenoxy) is 2. The van der Waals surface area contributed by atoms with Gasteiger partial charge in [-0.2, -0.15) is 0 Å². The van der Waals surface area contributed by atoms with Crippen molar-refractivity contribution < 1.29 is 26.3 Å². The molecule has 1 N–H and O–H groups in total. The third-order valence-corrected chi connectivity index (χ3v) is 5.67. The molecule has 0 radical (unpaired) electrons. The van der Waals surface area contributed by atoms with Gasteiger partial charge in [0.15, 0.2) is 9.84 Å². The lowest BCUT2D eigenvalue weighted by atomic mass is 10.3. The van der Waals surface area contributed by atoms with E-state index < -0.39 is 19.9 Å². The molecule has 24 heavy (non-hydrogen) atoms. The van der Waals surface area contributed by atoms with Crippen molar-refractivity contribution in [2.45, 2.75) is 9.79 Å². The average Bonchev–Trinajstić information content (AvgIpc) is 2.53. The van der Waals surface area contributed by atoms with Gasteiger partial charge in [0.25, 0.3) is 10.0 Å². The monoisotopic (exact) mass is 371 g/mol. The van der Waals surface area contributed by atoms with Crippen molar-refractivity contribution in [3.63, 3.8) is 0 Å². The van der Waals surface area contributed by atoms with E-state index in [0.29, 0.717) is 11.5 Å². The lowest BCUT2D eigenvalue weighted by Crippen LogP contribution is -2.14. The zero-order valence-electron chi connectivity index (χ0n) is 13.3. The summed E-state index contributed by atoms with van der Waals surface area (Å²) in [6.45, 7) is 0. The van der Waals surface area contributed by atoms with Crippen LogP contribution < -0.4 is 14.2 Å². The minimum Gasteiger partial charge on any atom is -0.497 e. The first-order valence-electron chi connectivity index (χ1n) is 6.72. The van der Waals surface area contributed by atoms with Gasteiger partial charge >= 0.3 is 0 Å². The van der Waals surface area contributed by atoms with Gasteiger partial charge in [-0.3, -0.25) is 4.72 Å². The first-order chi connectivity index (χ1) is 11.2. The molecule has 0 aliphatic carbocycles. The number of hydrogen-bond acceptors (Lipinski definition) is 6. The Hall–Kier alpha value is -2.26. The Balaban J connectivity index is 2.46. The zero-order valence-corrected chi connectivity index (χ0v) is 14.9. The Morgan fingerprint density at radius 1 is 0.875 bits per heavy atom. The highest BCUT2D eigenvalue weighted by Gasteiger charge is 2.19. The Labute approximate surface area is 141 Å². The van der Waals surface area contributed by atoms with Gasteiger partial charge in [0.05, 0.1) is 29.7 Å². The van der Waals surface area contributed by atoms with Crippen LogP contribution in [0.5, 0.6) is 11.5 Å². The molecule has 7 nitrogen and oxygen atoms in total. The maximum atomic E-state index is 12.5. The van der Waals surface area contributed by atoms with E-state index in [1.54, 1.807) is 12.1 Å². The SMILES string of the molecule is COc1ccc(OC)c(NS(=O)(=O)c2cccc(S(C)(=O)=O)c2)c1. The second kappa shape index (κ2) is 6.70. The quantitative estimate of drug-likeness (QED) is 0.833. The molecule has 0 spiro atoms. The summed E-state index contributed by atoms with van der Waals surface area (Å²) in [5, 5.41) is 0. The van der Waals surface area contributed by atoms with Crippen molar-refractivity contribution >= 4 is 25.5 Å². The average molecular weight is 371 g/mol. The second-order valence-electron chi connectivity index (χ2n) is 4.92. The third kappa shape index (κ3) is 3.98. The molecule has 9 heteroatoms. The number of methoxy groups -OCH3 is 2.